The van der Waals surface area contributed by atoms with E-state index in [1.165, 1.54) is 113 Å². The van der Waals surface area contributed by atoms with E-state index in [0.29, 0.717) is 0 Å². The fraction of sp³-hybridized carbons (Fsp3) is 0. The lowest BCUT2D eigenvalue weighted by Crippen LogP contribution is -1.93. The minimum absolute atomic E-state index is 0.905. The Labute approximate surface area is 350 Å². The highest BCUT2D eigenvalue weighted by Crippen LogP contribution is 2.49. The van der Waals surface area contributed by atoms with Gasteiger partial charge in [-0.3, -0.25) is 0 Å². The molecule has 13 rings (SSSR count). The van der Waals surface area contributed by atoms with E-state index < -0.39 is 0 Å². The lowest BCUT2D eigenvalue weighted by Gasteiger charge is -2.21. The normalized spacial score (nSPS) is 12.0. The first-order chi connectivity index (χ1) is 29.7. The molecule has 2 heteroatoms. The molecule has 0 saturated carbocycles. The van der Waals surface area contributed by atoms with Crippen molar-refractivity contribution in [3.05, 3.63) is 206 Å². The molecule has 2 aromatic heterocycles. The molecule has 11 aromatic carbocycles. The van der Waals surface area contributed by atoms with E-state index in [4.69, 9.17) is 4.42 Å². The van der Waals surface area contributed by atoms with Gasteiger partial charge in [-0.25, -0.2) is 0 Å². The Balaban J connectivity index is 1.17. The second-order valence-corrected chi connectivity index (χ2v) is 17.0. The van der Waals surface area contributed by atoms with Crippen LogP contribution in [0, 0.1) is 0 Å². The highest BCUT2D eigenvalue weighted by Gasteiger charge is 2.22. The van der Waals surface area contributed by atoms with Crippen LogP contribution in [-0.4, -0.2) is 0 Å². The molecule has 13 aromatic rings. The molecular formula is C58H34OS. The second-order valence-electron chi connectivity index (χ2n) is 15.9. The lowest BCUT2D eigenvalue weighted by atomic mass is 9.82. The fourth-order valence-corrected chi connectivity index (χ4v) is 11.1. The third-order valence-corrected chi connectivity index (χ3v) is 13.8. The third kappa shape index (κ3) is 4.98. The van der Waals surface area contributed by atoms with Crippen molar-refractivity contribution in [2.24, 2.45) is 0 Å². The van der Waals surface area contributed by atoms with Gasteiger partial charge in [0.25, 0.3) is 0 Å². The van der Waals surface area contributed by atoms with Crippen LogP contribution in [0.2, 0.25) is 0 Å². The Bertz CT molecular complexity index is 3880. The first kappa shape index (κ1) is 33.5. The summed E-state index contributed by atoms with van der Waals surface area (Å²) in [5.41, 5.74) is 11.6. The molecule has 0 N–H and O–H groups in total. The summed E-state index contributed by atoms with van der Waals surface area (Å²) in [5, 5.41) is 14.8. The monoisotopic (exact) mass is 778 g/mol. The van der Waals surface area contributed by atoms with E-state index >= 15 is 0 Å². The number of benzene rings is 11. The summed E-state index contributed by atoms with van der Waals surface area (Å²) in [6.07, 6.45) is 0. The van der Waals surface area contributed by atoms with Gasteiger partial charge in [-0.15, -0.1) is 11.3 Å². The molecule has 60 heavy (non-hydrogen) atoms. The van der Waals surface area contributed by atoms with Crippen molar-refractivity contribution in [1.29, 1.82) is 0 Å². The van der Waals surface area contributed by atoms with Crippen molar-refractivity contribution in [1.82, 2.24) is 0 Å². The van der Waals surface area contributed by atoms with E-state index in [2.05, 4.69) is 206 Å². The number of hydrogen-bond acceptors (Lipinski definition) is 2. The van der Waals surface area contributed by atoms with Crippen LogP contribution in [0.3, 0.4) is 0 Å². The van der Waals surface area contributed by atoms with Gasteiger partial charge in [-0.1, -0.05) is 158 Å². The lowest BCUT2D eigenvalue weighted by molar-refractivity contribution is 0.669. The average molecular weight is 779 g/mol. The standard InChI is InChI=1S/C58H34OS/c1-2-13-35(14-3-1)40-31-37-16-5-7-19-43(37)48(34-40)56-45-21-9-8-20-44(45)55(49-32-38(25-27-46(49)56)42-23-12-17-36-15-4-6-18-41(36)42)39-26-28-51-50(33-39)57-52(59-51)29-30-54-58(57)47-22-10-11-24-53(47)60-54/h1-34H. The fourth-order valence-electron chi connectivity index (χ4n) is 9.98. The van der Waals surface area contributed by atoms with Crippen molar-refractivity contribution in [2.75, 3.05) is 0 Å². The predicted molar refractivity (Wildman–Crippen MR) is 258 cm³/mol. The van der Waals surface area contributed by atoms with Crippen molar-refractivity contribution in [3.63, 3.8) is 0 Å². The van der Waals surface area contributed by atoms with Crippen molar-refractivity contribution < 1.29 is 4.42 Å². The van der Waals surface area contributed by atoms with Crippen LogP contribution in [0.25, 0.3) is 130 Å². The Hall–Kier alpha value is -7.52. The van der Waals surface area contributed by atoms with E-state index in [1.807, 2.05) is 11.3 Å². The number of thiophene rings is 1. The average Bonchev–Trinajstić information content (AvgIpc) is 3.88. The highest BCUT2D eigenvalue weighted by atomic mass is 32.1. The zero-order valence-electron chi connectivity index (χ0n) is 32.4. The molecule has 0 radical (unpaired) electrons. The van der Waals surface area contributed by atoms with Gasteiger partial charge in [0, 0.05) is 30.9 Å². The first-order valence-corrected chi connectivity index (χ1v) is 21.4. The van der Waals surface area contributed by atoms with E-state index in [0.717, 1.165) is 16.6 Å². The Kier molecular flexibility index (Phi) is 7.24. The smallest absolute Gasteiger partial charge is 0.136 e. The number of rotatable bonds is 4. The molecular weight excluding hydrogens is 745 g/mol. The third-order valence-electron chi connectivity index (χ3n) is 12.6. The van der Waals surface area contributed by atoms with Crippen LogP contribution >= 0.6 is 11.3 Å². The van der Waals surface area contributed by atoms with Crippen LogP contribution < -0.4 is 0 Å². The molecule has 0 aliphatic rings. The second kappa shape index (κ2) is 13.0. The van der Waals surface area contributed by atoms with E-state index in [1.54, 1.807) is 0 Å². The molecule has 0 aliphatic carbocycles. The van der Waals surface area contributed by atoms with E-state index in [-0.39, 0.29) is 0 Å². The molecule has 0 atom stereocenters. The highest BCUT2D eigenvalue weighted by molar-refractivity contribution is 7.26. The molecule has 0 unspecified atom stereocenters. The van der Waals surface area contributed by atoms with Gasteiger partial charge in [-0.2, -0.15) is 0 Å². The summed E-state index contributed by atoms with van der Waals surface area (Å²) >= 11 is 1.85. The maximum Gasteiger partial charge on any atom is 0.136 e. The van der Waals surface area contributed by atoms with Crippen molar-refractivity contribution >= 4 is 96.5 Å². The van der Waals surface area contributed by atoms with Crippen LogP contribution in [0.4, 0.5) is 0 Å². The van der Waals surface area contributed by atoms with Gasteiger partial charge in [0.1, 0.15) is 11.2 Å². The maximum absolute atomic E-state index is 6.63. The van der Waals surface area contributed by atoms with Crippen LogP contribution in [0.5, 0.6) is 0 Å². The summed E-state index contributed by atoms with van der Waals surface area (Å²) in [7, 11) is 0. The number of fused-ring (bicyclic) bond motifs is 11. The van der Waals surface area contributed by atoms with Crippen LogP contribution in [0.15, 0.2) is 211 Å². The summed E-state index contributed by atoms with van der Waals surface area (Å²) in [5.74, 6) is 0. The molecule has 0 saturated heterocycles. The van der Waals surface area contributed by atoms with Gasteiger partial charge in [-0.05, 0) is 136 Å². The molecule has 0 amide bonds. The van der Waals surface area contributed by atoms with Gasteiger partial charge >= 0.3 is 0 Å². The SMILES string of the molecule is c1ccc(-c2cc(-c3c4ccccc4c(-c4ccc5oc6ccc7sc8ccccc8c7c6c5c4)c4cc(-c5cccc6ccccc56)ccc34)c3ccccc3c2)cc1. The zero-order chi connectivity index (χ0) is 39.3. The first-order valence-electron chi connectivity index (χ1n) is 20.6. The van der Waals surface area contributed by atoms with E-state index in [9.17, 15) is 0 Å². The number of furan rings is 1. The zero-order valence-corrected chi connectivity index (χ0v) is 33.3. The molecule has 278 valence electrons. The Morgan fingerprint density at radius 1 is 0.283 bits per heavy atom. The minimum Gasteiger partial charge on any atom is -0.456 e. The summed E-state index contributed by atoms with van der Waals surface area (Å²) in [4.78, 5) is 0. The van der Waals surface area contributed by atoms with Crippen LogP contribution in [-0.2, 0) is 0 Å². The van der Waals surface area contributed by atoms with Gasteiger partial charge < -0.3 is 4.42 Å². The Morgan fingerprint density at radius 2 is 0.917 bits per heavy atom. The maximum atomic E-state index is 6.63. The van der Waals surface area contributed by atoms with Gasteiger partial charge in [0.2, 0.25) is 0 Å². The Morgan fingerprint density at radius 3 is 1.77 bits per heavy atom. The number of hydrogen-bond donors (Lipinski definition) is 0. The molecule has 2 heterocycles. The predicted octanol–water partition coefficient (Wildman–Crippen LogP) is 17.2. The quantitative estimate of drug-likeness (QED) is 0.162. The molecule has 0 aliphatic heterocycles. The molecule has 1 nitrogen and oxygen atoms in total. The van der Waals surface area contributed by atoms with Crippen LogP contribution in [0.1, 0.15) is 0 Å². The summed E-state index contributed by atoms with van der Waals surface area (Å²) in [6.45, 7) is 0. The van der Waals surface area contributed by atoms with Gasteiger partial charge in [0.15, 0.2) is 0 Å². The molecule has 0 fully saturated rings. The van der Waals surface area contributed by atoms with Gasteiger partial charge in [0.05, 0.1) is 0 Å². The summed E-state index contributed by atoms with van der Waals surface area (Å²) in [6, 6.07) is 75.9. The molecule has 0 bridgehead atoms. The minimum atomic E-state index is 0.905. The summed E-state index contributed by atoms with van der Waals surface area (Å²) < 4.78 is 9.21. The largest absolute Gasteiger partial charge is 0.456 e. The molecule has 0 spiro atoms. The van der Waals surface area contributed by atoms with Crippen molar-refractivity contribution in [2.45, 2.75) is 0 Å². The topological polar surface area (TPSA) is 13.1 Å². The van der Waals surface area contributed by atoms with Crippen molar-refractivity contribution in [3.8, 4) is 44.5 Å².